The molecule has 5 nitrogen and oxygen atoms in total. The van der Waals surface area contributed by atoms with Crippen LogP contribution in [0.15, 0.2) is 18.2 Å². The highest BCUT2D eigenvalue weighted by Gasteiger charge is 2.14. The molecule has 0 saturated heterocycles. The van der Waals surface area contributed by atoms with E-state index in [1.54, 1.807) is 18.2 Å². The molecule has 21 heavy (non-hydrogen) atoms. The van der Waals surface area contributed by atoms with E-state index >= 15 is 0 Å². The van der Waals surface area contributed by atoms with Crippen molar-refractivity contribution in [2.75, 3.05) is 22.6 Å². The highest BCUT2D eigenvalue weighted by atomic mass is 35.5. The minimum absolute atomic E-state index is 0.0219. The van der Waals surface area contributed by atoms with Crippen LogP contribution in [0.25, 0.3) is 0 Å². The third kappa shape index (κ3) is 6.82. The van der Waals surface area contributed by atoms with Crippen LogP contribution in [0, 0.1) is 5.92 Å². The maximum atomic E-state index is 11.8. The Labute approximate surface area is 130 Å². The highest BCUT2D eigenvalue weighted by molar-refractivity contribution is 7.91. The van der Waals surface area contributed by atoms with Crippen LogP contribution in [0.3, 0.4) is 0 Å². The van der Waals surface area contributed by atoms with Gasteiger partial charge in [0.25, 0.3) is 0 Å². The number of carbonyl (C=O) groups is 1. The van der Waals surface area contributed by atoms with Gasteiger partial charge in [-0.15, -0.1) is 0 Å². The van der Waals surface area contributed by atoms with Gasteiger partial charge in [0.1, 0.15) is 0 Å². The molecule has 0 spiro atoms. The van der Waals surface area contributed by atoms with Gasteiger partial charge in [0, 0.05) is 12.1 Å². The Morgan fingerprint density at radius 2 is 2.05 bits per heavy atom. The molecule has 1 aromatic rings. The van der Waals surface area contributed by atoms with Gasteiger partial charge < -0.3 is 11.1 Å². The van der Waals surface area contributed by atoms with E-state index in [0.717, 1.165) is 0 Å². The molecule has 7 heteroatoms. The number of sulfone groups is 1. The van der Waals surface area contributed by atoms with Crippen molar-refractivity contribution in [3.63, 3.8) is 0 Å². The van der Waals surface area contributed by atoms with Gasteiger partial charge in [-0.3, -0.25) is 4.79 Å². The monoisotopic (exact) mass is 332 g/mol. The van der Waals surface area contributed by atoms with Crippen molar-refractivity contribution in [1.82, 2.24) is 0 Å². The summed E-state index contributed by atoms with van der Waals surface area (Å²) in [4.78, 5) is 11.8. The van der Waals surface area contributed by atoms with Crippen LogP contribution < -0.4 is 11.1 Å². The number of nitrogens with one attached hydrogen (secondary N) is 1. The number of nitrogens with two attached hydrogens (primary N) is 1. The summed E-state index contributed by atoms with van der Waals surface area (Å²) in [6.07, 6.45) is 0.436. The molecular formula is C14H21ClN2O3S. The maximum absolute atomic E-state index is 11.8. The van der Waals surface area contributed by atoms with E-state index in [0.29, 0.717) is 22.8 Å². The zero-order chi connectivity index (χ0) is 16.0. The smallest absolute Gasteiger partial charge is 0.224 e. The summed E-state index contributed by atoms with van der Waals surface area (Å²) in [5, 5.41) is 3.00. The number of nitrogen functional groups attached to an aromatic ring is 1. The number of anilines is 2. The quantitative estimate of drug-likeness (QED) is 0.751. The van der Waals surface area contributed by atoms with Crippen LogP contribution in [-0.2, 0) is 14.6 Å². The fourth-order valence-electron chi connectivity index (χ4n) is 1.89. The Hall–Kier alpha value is -1.27. The summed E-state index contributed by atoms with van der Waals surface area (Å²) in [6, 6.07) is 4.80. The zero-order valence-electron chi connectivity index (χ0n) is 12.2. The SMILES string of the molecule is CC(C)CS(=O)(=O)CCCC(=O)Nc1ccc(N)cc1Cl. The Balaban J connectivity index is 2.45. The van der Waals surface area contributed by atoms with E-state index in [9.17, 15) is 13.2 Å². The average Bonchev–Trinajstić information content (AvgIpc) is 2.30. The van der Waals surface area contributed by atoms with Crippen molar-refractivity contribution in [3.05, 3.63) is 23.2 Å². The van der Waals surface area contributed by atoms with Crippen LogP contribution in [0.4, 0.5) is 11.4 Å². The Morgan fingerprint density at radius 3 is 2.62 bits per heavy atom. The van der Waals surface area contributed by atoms with Crippen LogP contribution in [-0.4, -0.2) is 25.8 Å². The summed E-state index contributed by atoms with van der Waals surface area (Å²) >= 11 is 5.95. The van der Waals surface area contributed by atoms with E-state index in [1.807, 2.05) is 13.8 Å². The molecule has 0 aromatic heterocycles. The molecule has 0 bridgehead atoms. The molecule has 0 aliphatic carbocycles. The molecule has 1 rings (SSSR count). The lowest BCUT2D eigenvalue weighted by Crippen LogP contribution is -2.18. The van der Waals surface area contributed by atoms with Gasteiger partial charge in [0.2, 0.25) is 5.91 Å². The Bertz CT molecular complexity index is 600. The number of halogens is 1. The fraction of sp³-hybridized carbons (Fsp3) is 0.500. The summed E-state index contributed by atoms with van der Waals surface area (Å²) in [6.45, 7) is 3.71. The molecule has 3 N–H and O–H groups in total. The van der Waals surface area contributed by atoms with Crippen molar-refractivity contribution in [1.29, 1.82) is 0 Å². The second-order valence-corrected chi connectivity index (χ2v) is 8.04. The Kier molecular flexibility index (Phi) is 6.48. The van der Waals surface area contributed by atoms with Crippen molar-refractivity contribution in [2.24, 2.45) is 5.92 Å². The van der Waals surface area contributed by atoms with Crippen molar-refractivity contribution >= 4 is 38.7 Å². The molecule has 1 aromatic carbocycles. The van der Waals surface area contributed by atoms with Gasteiger partial charge in [0.05, 0.1) is 22.2 Å². The van der Waals surface area contributed by atoms with Gasteiger partial charge in [-0.05, 0) is 30.5 Å². The van der Waals surface area contributed by atoms with Gasteiger partial charge >= 0.3 is 0 Å². The van der Waals surface area contributed by atoms with Crippen LogP contribution >= 0.6 is 11.6 Å². The largest absolute Gasteiger partial charge is 0.399 e. The zero-order valence-corrected chi connectivity index (χ0v) is 13.8. The molecule has 0 fully saturated rings. The number of hydrogen-bond donors (Lipinski definition) is 2. The molecule has 0 aliphatic rings. The second kappa shape index (κ2) is 7.66. The fourth-order valence-corrected chi connectivity index (χ4v) is 3.89. The molecular weight excluding hydrogens is 312 g/mol. The van der Waals surface area contributed by atoms with Gasteiger partial charge in [0.15, 0.2) is 9.84 Å². The number of hydrogen-bond acceptors (Lipinski definition) is 4. The van der Waals surface area contributed by atoms with Gasteiger partial charge in [-0.2, -0.15) is 0 Å². The molecule has 0 saturated carbocycles. The number of amides is 1. The first-order valence-corrected chi connectivity index (χ1v) is 8.95. The normalized spacial score (nSPS) is 11.6. The molecule has 0 radical (unpaired) electrons. The second-order valence-electron chi connectivity index (χ2n) is 5.40. The first-order chi connectivity index (χ1) is 9.69. The first-order valence-electron chi connectivity index (χ1n) is 6.75. The van der Waals surface area contributed by atoms with Crippen molar-refractivity contribution < 1.29 is 13.2 Å². The number of carbonyl (C=O) groups excluding carboxylic acids is 1. The standard InChI is InChI=1S/C14H21ClN2O3S/c1-10(2)9-21(19,20)7-3-4-14(18)17-13-6-5-11(16)8-12(13)15/h5-6,8,10H,3-4,7,9,16H2,1-2H3,(H,17,18). The van der Waals surface area contributed by atoms with E-state index in [2.05, 4.69) is 5.32 Å². The summed E-state index contributed by atoms with van der Waals surface area (Å²) in [5.41, 5.74) is 6.55. The lowest BCUT2D eigenvalue weighted by molar-refractivity contribution is -0.116. The average molecular weight is 333 g/mol. The van der Waals surface area contributed by atoms with Crippen molar-refractivity contribution in [3.8, 4) is 0 Å². The van der Waals surface area contributed by atoms with Crippen molar-refractivity contribution in [2.45, 2.75) is 26.7 Å². The molecule has 0 aliphatic heterocycles. The third-order valence-electron chi connectivity index (χ3n) is 2.71. The van der Waals surface area contributed by atoms with Crippen LogP contribution in [0.2, 0.25) is 5.02 Å². The highest BCUT2D eigenvalue weighted by Crippen LogP contribution is 2.24. The molecule has 0 unspecified atom stereocenters. The van der Waals surface area contributed by atoms with E-state index in [4.69, 9.17) is 17.3 Å². The number of benzene rings is 1. The molecule has 118 valence electrons. The Morgan fingerprint density at radius 1 is 1.38 bits per heavy atom. The maximum Gasteiger partial charge on any atom is 0.224 e. The third-order valence-corrected chi connectivity index (χ3v) is 5.11. The van der Waals surface area contributed by atoms with E-state index < -0.39 is 9.84 Å². The van der Waals surface area contributed by atoms with E-state index in [1.165, 1.54) is 0 Å². The molecule has 1 amide bonds. The van der Waals surface area contributed by atoms with E-state index in [-0.39, 0.29) is 29.8 Å². The minimum Gasteiger partial charge on any atom is -0.399 e. The topological polar surface area (TPSA) is 89.3 Å². The van der Waals surface area contributed by atoms with Gasteiger partial charge in [-0.1, -0.05) is 25.4 Å². The lowest BCUT2D eigenvalue weighted by Gasteiger charge is -2.09. The van der Waals surface area contributed by atoms with Gasteiger partial charge in [-0.25, -0.2) is 8.42 Å². The lowest BCUT2D eigenvalue weighted by atomic mass is 10.2. The number of rotatable bonds is 7. The summed E-state index contributed by atoms with van der Waals surface area (Å²) in [7, 11) is -3.09. The molecule has 0 atom stereocenters. The predicted molar refractivity (Wildman–Crippen MR) is 87.2 cm³/mol. The molecule has 0 heterocycles. The minimum atomic E-state index is -3.09. The summed E-state index contributed by atoms with van der Waals surface area (Å²) in [5.74, 6) is 0.00534. The predicted octanol–water partition coefficient (Wildman–Crippen LogP) is 2.71. The van der Waals surface area contributed by atoms with Crippen LogP contribution in [0.1, 0.15) is 26.7 Å². The van der Waals surface area contributed by atoms with Crippen LogP contribution in [0.5, 0.6) is 0 Å². The summed E-state index contributed by atoms with van der Waals surface area (Å²) < 4.78 is 23.4. The first kappa shape index (κ1) is 17.8.